The van der Waals surface area contributed by atoms with Gasteiger partial charge in [0.05, 0.1) is 31.1 Å². The molecule has 0 spiro atoms. The van der Waals surface area contributed by atoms with Crippen LogP contribution in [-0.4, -0.2) is 169 Å². The van der Waals surface area contributed by atoms with Gasteiger partial charge in [0.1, 0.15) is 24.2 Å². The summed E-state index contributed by atoms with van der Waals surface area (Å²) in [4.78, 5) is 123. The Labute approximate surface area is 525 Å². The molecule has 486 valence electrons. The number of rotatable bonds is 19. The Bertz CT molecular complexity index is 3110. The molecule has 21 nitrogen and oxygen atoms in total. The summed E-state index contributed by atoms with van der Waals surface area (Å²) >= 11 is 0. The van der Waals surface area contributed by atoms with Crippen molar-refractivity contribution in [2.45, 2.75) is 220 Å². The fourth-order valence-electron chi connectivity index (χ4n) is 11.5. The van der Waals surface area contributed by atoms with Crippen LogP contribution < -0.4 is 0 Å². The van der Waals surface area contributed by atoms with Gasteiger partial charge in [-0.2, -0.15) is 10.2 Å². The lowest BCUT2D eigenvalue weighted by Gasteiger charge is -2.35. The van der Waals surface area contributed by atoms with Gasteiger partial charge >= 0.3 is 23.9 Å². The predicted molar refractivity (Wildman–Crippen MR) is 332 cm³/mol. The van der Waals surface area contributed by atoms with Crippen LogP contribution in [0.15, 0.2) is 60.8 Å². The fourth-order valence-corrected chi connectivity index (χ4v) is 11.5. The molecule has 1 aliphatic heterocycles. The standard InChI is InChI=1S/C68H96N8O13/c1-39(2)28-55-65(82)86-45(11)62(79)72(13)58(31-42(7)8)68(85)89-60(33-47-18-22-49(23-19-47)36-76-54(51-26-27-51)34-53(70-76)50-24-25-50)64(81)74(15)56(29-40(3)4)66(83)87-44(10)61(78)71(12)57(30-41(5)6)67(84)88-59(63(80)73(55)14)32-46-16-20-48(21-17-46)35-75-37-52(38-77)43(9)69-75/h16-23,34,37,39-42,44-45,50-51,55-60,77H,24-33,35-36,38H2,1-15H3/t44-,45-,55+,56+,57+,58+,59-,60-/m1/s1. The molecular formula is C68H96N8O13. The molecule has 1 N–H and O–H groups in total. The lowest BCUT2D eigenvalue weighted by molar-refractivity contribution is -0.176. The summed E-state index contributed by atoms with van der Waals surface area (Å²) in [6.07, 6.45) is 0.266. The van der Waals surface area contributed by atoms with Crippen LogP contribution in [0.3, 0.4) is 0 Å². The summed E-state index contributed by atoms with van der Waals surface area (Å²) in [6.45, 7) is 20.2. The Morgan fingerprint density at radius 1 is 0.483 bits per heavy atom. The third-order valence-electron chi connectivity index (χ3n) is 17.1. The minimum Gasteiger partial charge on any atom is -0.451 e. The van der Waals surface area contributed by atoms with Crippen molar-refractivity contribution in [1.82, 2.24) is 39.2 Å². The molecule has 3 fully saturated rings. The number of carbonyl (C=O) groups is 8. The van der Waals surface area contributed by atoms with Crippen molar-refractivity contribution in [1.29, 1.82) is 0 Å². The number of likely N-dealkylation sites (N-methyl/N-ethyl adjacent to an activating group) is 4. The third kappa shape index (κ3) is 18.4. The summed E-state index contributed by atoms with van der Waals surface area (Å²) in [7, 11) is 5.60. The Balaban J connectivity index is 1.23. The maximum atomic E-state index is 15.2. The van der Waals surface area contributed by atoms with Crippen molar-refractivity contribution in [2.75, 3.05) is 28.2 Å². The lowest BCUT2D eigenvalue weighted by atomic mass is 9.99. The first-order valence-electron chi connectivity index (χ1n) is 31.8. The van der Waals surface area contributed by atoms with Gasteiger partial charge < -0.3 is 43.7 Å². The van der Waals surface area contributed by atoms with Gasteiger partial charge in [-0.1, -0.05) is 104 Å². The van der Waals surface area contributed by atoms with Crippen molar-refractivity contribution in [3.63, 3.8) is 0 Å². The molecule has 2 saturated carbocycles. The molecule has 0 bridgehead atoms. The maximum Gasteiger partial charge on any atom is 0.329 e. The van der Waals surface area contributed by atoms with Crippen LogP contribution in [0.1, 0.15) is 177 Å². The number of benzene rings is 2. The summed E-state index contributed by atoms with van der Waals surface area (Å²) in [5.41, 5.74) is 6.84. The van der Waals surface area contributed by atoms with Gasteiger partial charge in [-0.15, -0.1) is 0 Å². The first kappa shape index (κ1) is 69.1. The van der Waals surface area contributed by atoms with Crippen LogP contribution in [0.25, 0.3) is 0 Å². The highest BCUT2D eigenvalue weighted by Crippen LogP contribution is 2.45. The highest BCUT2D eigenvalue weighted by Gasteiger charge is 2.43. The molecule has 2 aliphatic carbocycles. The molecule has 8 atom stereocenters. The molecule has 3 heterocycles. The van der Waals surface area contributed by atoms with E-state index < -0.39 is 96.1 Å². The monoisotopic (exact) mass is 1230 g/mol. The second kappa shape index (κ2) is 30.4. The van der Waals surface area contributed by atoms with E-state index in [1.807, 2.05) is 98.7 Å². The second-order valence-corrected chi connectivity index (χ2v) is 26.7. The highest BCUT2D eigenvalue weighted by atomic mass is 16.6. The van der Waals surface area contributed by atoms with E-state index in [1.54, 1.807) is 23.0 Å². The smallest absolute Gasteiger partial charge is 0.329 e. The number of amides is 4. The minimum absolute atomic E-state index is 0.0712. The van der Waals surface area contributed by atoms with E-state index in [0.717, 1.165) is 57.2 Å². The van der Waals surface area contributed by atoms with Gasteiger partial charge in [-0.05, 0) is 124 Å². The van der Waals surface area contributed by atoms with E-state index in [2.05, 4.69) is 15.8 Å². The highest BCUT2D eigenvalue weighted by molar-refractivity contribution is 5.94. The van der Waals surface area contributed by atoms with Crippen LogP contribution in [0, 0.1) is 30.6 Å². The number of aryl methyl sites for hydroxylation is 1. The van der Waals surface area contributed by atoms with E-state index in [4.69, 9.17) is 24.0 Å². The first-order chi connectivity index (χ1) is 42.0. The average Bonchev–Trinajstić information content (AvgIpc) is 1.91. The Hall–Kier alpha value is -7.42. The number of hydrogen-bond donors (Lipinski definition) is 1. The van der Waals surface area contributed by atoms with Gasteiger partial charge in [-0.25, -0.2) is 19.2 Å². The fraction of sp³-hybridized carbons (Fsp3) is 0.618. The largest absolute Gasteiger partial charge is 0.451 e. The minimum atomic E-state index is -1.56. The number of carbonyl (C=O) groups excluding carboxylic acids is 8. The third-order valence-corrected chi connectivity index (χ3v) is 17.1. The van der Waals surface area contributed by atoms with Crippen molar-refractivity contribution in [2.24, 2.45) is 23.7 Å². The zero-order chi connectivity index (χ0) is 65.3. The Morgan fingerprint density at radius 2 is 0.831 bits per heavy atom. The first-order valence-corrected chi connectivity index (χ1v) is 31.8. The van der Waals surface area contributed by atoms with Crippen LogP contribution in [0.2, 0.25) is 0 Å². The molecule has 3 aliphatic rings. The van der Waals surface area contributed by atoms with Crippen LogP contribution in [-0.2, 0) is 89.8 Å². The van der Waals surface area contributed by atoms with Crippen LogP contribution in [0.5, 0.6) is 0 Å². The molecule has 0 unspecified atom stereocenters. The van der Waals surface area contributed by atoms with E-state index in [-0.39, 0.29) is 68.8 Å². The van der Waals surface area contributed by atoms with Gasteiger partial charge in [-0.3, -0.25) is 28.5 Å². The van der Waals surface area contributed by atoms with Crippen LogP contribution >= 0.6 is 0 Å². The quantitative estimate of drug-likeness (QED) is 0.0698. The number of aromatic nitrogens is 4. The summed E-state index contributed by atoms with van der Waals surface area (Å²) in [6, 6.07) is 11.9. The van der Waals surface area contributed by atoms with Gasteiger partial charge in [0.2, 0.25) is 0 Å². The topological polar surface area (TPSA) is 242 Å². The van der Waals surface area contributed by atoms with Crippen LogP contribution in [0.4, 0.5) is 0 Å². The second-order valence-electron chi connectivity index (χ2n) is 26.7. The zero-order valence-electron chi connectivity index (χ0n) is 55.0. The van der Waals surface area contributed by atoms with E-state index in [1.165, 1.54) is 52.6 Å². The van der Waals surface area contributed by atoms with Gasteiger partial charge in [0.15, 0.2) is 24.4 Å². The Morgan fingerprint density at radius 3 is 1.18 bits per heavy atom. The van der Waals surface area contributed by atoms with E-state index in [0.29, 0.717) is 47.3 Å². The SMILES string of the molecule is Cc1nn(Cc2ccc(C[C@H]3OC(=O)[C@H](CC(C)C)N(C)C(=O)[C@@H](C)OC(=O)[C@H](CC(C)C)N(C)C(=O)[C@@H](Cc4ccc(Cn5nc(C6CC6)cc5C5CC5)cc4)OC(=O)[C@H](CC(C)C)N(C)C(=O)[C@@H](C)OC(=O)[C@H](CC(C)C)N(C)C3=O)cc2)cc1CO. The van der Waals surface area contributed by atoms with Crippen molar-refractivity contribution in [3.8, 4) is 0 Å². The number of ether oxygens (including phenoxy) is 4. The summed E-state index contributed by atoms with van der Waals surface area (Å²) in [5.74, 6) is -6.47. The average molecular weight is 1230 g/mol. The van der Waals surface area contributed by atoms with Gasteiger partial charge in [0.25, 0.3) is 23.6 Å². The van der Waals surface area contributed by atoms with Crippen molar-refractivity contribution >= 4 is 47.5 Å². The number of aliphatic hydroxyl groups is 1. The van der Waals surface area contributed by atoms with Crippen molar-refractivity contribution in [3.05, 3.63) is 106 Å². The lowest BCUT2D eigenvalue weighted by Crippen LogP contribution is -2.55. The van der Waals surface area contributed by atoms with Gasteiger partial charge in [0, 0.05) is 70.3 Å². The molecule has 21 heteroatoms. The molecule has 4 aromatic rings. The number of hydrogen-bond acceptors (Lipinski definition) is 15. The predicted octanol–water partition coefficient (Wildman–Crippen LogP) is 7.71. The maximum absolute atomic E-state index is 15.2. The zero-order valence-corrected chi connectivity index (χ0v) is 55.0. The molecular weight excluding hydrogens is 1140 g/mol. The number of cyclic esters (lactones) is 4. The van der Waals surface area contributed by atoms with E-state index in [9.17, 15) is 33.9 Å². The molecule has 7 rings (SSSR count). The molecule has 4 amide bonds. The summed E-state index contributed by atoms with van der Waals surface area (Å²) in [5, 5.41) is 19.2. The molecule has 1 saturated heterocycles. The molecule has 0 radical (unpaired) electrons. The van der Waals surface area contributed by atoms with E-state index >= 15 is 9.59 Å². The molecule has 2 aromatic heterocycles. The van der Waals surface area contributed by atoms with Crippen molar-refractivity contribution < 1.29 is 62.4 Å². The number of esters is 4. The molecule has 2 aromatic carbocycles. The number of aliphatic hydroxyl groups excluding tert-OH is 1. The number of nitrogens with zero attached hydrogens (tertiary/aromatic N) is 8. The molecule has 89 heavy (non-hydrogen) atoms. The Kier molecular flexibility index (Phi) is 23.6. The normalized spacial score (nSPS) is 23.8. The summed E-state index contributed by atoms with van der Waals surface area (Å²) < 4.78 is 28.2.